The lowest BCUT2D eigenvalue weighted by molar-refractivity contribution is 0.102. The fourth-order valence-electron chi connectivity index (χ4n) is 2.88. The van der Waals surface area contributed by atoms with E-state index < -0.39 is 0 Å². The summed E-state index contributed by atoms with van der Waals surface area (Å²) in [6.07, 6.45) is 0. The summed E-state index contributed by atoms with van der Waals surface area (Å²) in [6, 6.07) is 11.3. The van der Waals surface area contributed by atoms with E-state index in [1.807, 2.05) is 44.2 Å². The number of hydrogen-bond acceptors (Lipinski definition) is 3. The molecule has 1 aliphatic rings. The van der Waals surface area contributed by atoms with Crippen LogP contribution in [-0.4, -0.2) is 32.2 Å². The zero-order valence-corrected chi connectivity index (χ0v) is 14.7. The van der Waals surface area contributed by atoms with Crippen LogP contribution in [0.3, 0.4) is 0 Å². The molecule has 0 spiro atoms. The van der Waals surface area contributed by atoms with E-state index in [9.17, 15) is 4.79 Å². The molecular formula is C19H21ClN2O2. The van der Waals surface area contributed by atoms with Crippen LogP contribution in [0.2, 0.25) is 5.02 Å². The number of carbonyl (C=O) groups is 1. The lowest BCUT2D eigenvalue weighted by Crippen LogP contribution is -2.36. The summed E-state index contributed by atoms with van der Waals surface area (Å²) in [4.78, 5) is 14.9. The molecule has 3 rings (SSSR count). The molecular weight excluding hydrogens is 324 g/mol. The zero-order valence-electron chi connectivity index (χ0n) is 13.9. The summed E-state index contributed by atoms with van der Waals surface area (Å²) < 4.78 is 5.41. The van der Waals surface area contributed by atoms with Crippen molar-refractivity contribution in [3.8, 4) is 0 Å². The molecule has 0 bridgehead atoms. The first-order valence-corrected chi connectivity index (χ1v) is 8.44. The minimum absolute atomic E-state index is 0.118. The Labute approximate surface area is 147 Å². The van der Waals surface area contributed by atoms with Crippen molar-refractivity contribution in [1.82, 2.24) is 0 Å². The molecule has 0 radical (unpaired) electrons. The van der Waals surface area contributed by atoms with Crippen molar-refractivity contribution in [1.29, 1.82) is 0 Å². The van der Waals surface area contributed by atoms with Gasteiger partial charge in [-0.2, -0.15) is 0 Å². The Balaban J connectivity index is 1.90. The van der Waals surface area contributed by atoms with Crippen molar-refractivity contribution in [2.45, 2.75) is 13.8 Å². The normalized spacial score (nSPS) is 14.5. The second kappa shape index (κ2) is 7.24. The molecule has 0 unspecified atom stereocenters. The van der Waals surface area contributed by atoms with E-state index in [0.29, 0.717) is 23.8 Å². The average Bonchev–Trinajstić information content (AvgIpc) is 2.58. The van der Waals surface area contributed by atoms with Gasteiger partial charge in [-0.3, -0.25) is 4.79 Å². The Morgan fingerprint density at radius 3 is 2.67 bits per heavy atom. The number of anilines is 2. The average molecular weight is 345 g/mol. The number of halogens is 1. The molecule has 126 valence electrons. The molecule has 0 atom stereocenters. The first-order chi connectivity index (χ1) is 11.6. The summed E-state index contributed by atoms with van der Waals surface area (Å²) in [5.74, 6) is -0.118. The van der Waals surface area contributed by atoms with Gasteiger partial charge < -0.3 is 15.0 Å². The van der Waals surface area contributed by atoms with E-state index in [1.165, 1.54) is 0 Å². The fourth-order valence-corrected chi connectivity index (χ4v) is 3.05. The Morgan fingerprint density at radius 2 is 1.92 bits per heavy atom. The van der Waals surface area contributed by atoms with Gasteiger partial charge in [-0.25, -0.2) is 0 Å². The van der Waals surface area contributed by atoms with Gasteiger partial charge in [0.05, 0.1) is 24.6 Å². The zero-order chi connectivity index (χ0) is 17.1. The van der Waals surface area contributed by atoms with Crippen LogP contribution in [-0.2, 0) is 4.74 Å². The summed E-state index contributed by atoms with van der Waals surface area (Å²) in [5.41, 5.74) is 4.48. The summed E-state index contributed by atoms with van der Waals surface area (Å²) in [7, 11) is 0. The molecule has 24 heavy (non-hydrogen) atoms. The molecule has 1 heterocycles. The Morgan fingerprint density at radius 1 is 1.17 bits per heavy atom. The SMILES string of the molecule is Cc1cccc(C(=O)Nc2cc(Cl)ccc2N2CCOCC2)c1C. The van der Waals surface area contributed by atoms with Gasteiger partial charge >= 0.3 is 0 Å². The number of aryl methyl sites for hydroxylation is 1. The molecule has 1 aliphatic heterocycles. The van der Waals surface area contributed by atoms with E-state index in [4.69, 9.17) is 16.3 Å². The monoisotopic (exact) mass is 344 g/mol. The molecule has 2 aromatic carbocycles. The van der Waals surface area contributed by atoms with Gasteiger partial charge in [0.15, 0.2) is 0 Å². The fraction of sp³-hybridized carbons (Fsp3) is 0.316. The van der Waals surface area contributed by atoms with Crippen LogP contribution >= 0.6 is 11.6 Å². The first kappa shape index (κ1) is 16.8. The van der Waals surface area contributed by atoms with Crippen LogP contribution in [0.4, 0.5) is 11.4 Å². The maximum Gasteiger partial charge on any atom is 0.255 e. The largest absolute Gasteiger partial charge is 0.378 e. The second-order valence-electron chi connectivity index (χ2n) is 5.96. The van der Waals surface area contributed by atoms with E-state index in [1.54, 1.807) is 6.07 Å². The third-order valence-electron chi connectivity index (χ3n) is 4.41. The molecule has 0 aromatic heterocycles. The van der Waals surface area contributed by atoms with Crippen LogP contribution in [0.1, 0.15) is 21.5 Å². The van der Waals surface area contributed by atoms with E-state index in [-0.39, 0.29) is 5.91 Å². The van der Waals surface area contributed by atoms with Crippen LogP contribution in [0.15, 0.2) is 36.4 Å². The van der Waals surface area contributed by atoms with Crippen LogP contribution in [0.5, 0.6) is 0 Å². The standard InChI is InChI=1S/C19H21ClN2O2/c1-13-4-3-5-16(14(13)2)19(23)21-17-12-15(20)6-7-18(17)22-8-10-24-11-9-22/h3-7,12H,8-11H2,1-2H3,(H,21,23). The Hall–Kier alpha value is -2.04. The highest BCUT2D eigenvalue weighted by Crippen LogP contribution is 2.30. The van der Waals surface area contributed by atoms with Gasteiger partial charge in [0, 0.05) is 23.7 Å². The van der Waals surface area contributed by atoms with Gasteiger partial charge in [-0.05, 0) is 49.2 Å². The highest BCUT2D eigenvalue weighted by Gasteiger charge is 2.18. The quantitative estimate of drug-likeness (QED) is 0.913. The number of amides is 1. The molecule has 1 fully saturated rings. The maximum absolute atomic E-state index is 12.7. The predicted molar refractivity (Wildman–Crippen MR) is 98.4 cm³/mol. The van der Waals surface area contributed by atoms with Crippen molar-refractivity contribution < 1.29 is 9.53 Å². The molecule has 0 saturated carbocycles. The van der Waals surface area contributed by atoms with Crippen molar-refractivity contribution in [3.63, 3.8) is 0 Å². The molecule has 4 nitrogen and oxygen atoms in total. The van der Waals surface area contributed by atoms with Gasteiger partial charge in [0.2, 0.25) is 0 Å². The Kier molecular flexibility index (Phi) is 5.07. The lowest BCUT2D eigenvalue weighted by atomic mass is 10.0. The number of ether oxygens (including phenoxy) is 1. The third kappa shape index (κ3) is 3.55. The topological polar surface area (TPSA) is 41.6 Å². The summed E-state index contributed by atoms with van der Waals surface area (Å²) in [6.45, 7) is 6.94. The maximum atomic E-state index is 12.7. The number of carbonyl (C=O) groups excluding carboxylic acids is 1. The van der Waals surface area contributed by atoms with Crippen molar-refractivity contribution in [3.05, 3.63) is 58.1 Å². The Bertz CT molecular complexity index is 755. The number of benzene rings is 2. The minimum atomic E-state index is -0.118. The molecule has 2 aromatic rings. The third-order valence-corrected chi connectivity index (χ3v) is 4.64. The van der Waals surface area contributed by atoms with Crippen LogP contribution in [0, 0.1) is 13.8 Å². The highest BCUT2D eigenvalue weighted by atomic mass is 35.5. The summed E-state index contributed by atoms with van der Waals surface area (Å²) >= 11 is 6.15. The van der Waals surface area contributed by atoms with Gasteiger partial charge in [-0.15, -0.1) is 0 Å². The van der Waals surface area contributed by atoms with Crippen molar-refractivity contribution >= 4 is 28.9 Å². The molecule has 0 aliphatic carbocycles. The summed E-state index contributed by atoms with van der Waals surface area (Å²) in [5, 5.41) is 3.63. The number of nitrogens with zero attached hydrogens (tertiary/aromatic N) is 1. The van der Waals surface area contributed by atoms with E-state index in [0.717, 1.165) is 35.6 Å². The van der Waals surface area contributed by atoms with E-state index in [2.05, 4.69) is 10.2 Å². The minimum Gasteiger partial charge on any atom is -0.378 e. The van der Waals surface area contributed by atoms with E-state index >= 15 is 0 Å². The second-order valence-corrected chi connectivity index (χ2v) is 6.40. The van der Waals surface area contributed by atoms with Gasteiger partial charge in [-0.1, -0.05) is 23.7 Å². The molecule has 1 saturated heterocycles. The van der Waals surface area contributed by atoms with Gasteiger partial charge in [0.1, 0.15) is 0 Å². The van der Waals surface area contributed by atoms with Crippen molar-refractivity contribution in [2.24, 2.45) is 0 Å². The van der Waals surface area contributed by atoms with Crippen LogP contribution in [0.25, 0.3) is 0 Å². The number of rotatable bonds is 3. The number of morpholine rings is 1. The van der Waals surface area contributed by atoms with Gasteiger partial charge in [0.25, 0.3) is 5.91 Å². The first-order valence-electron chi connectivity index (χ1n) is 8.06. The molecule has 1 amide bonds. The predicted octanol–water partition coefficient (Wildman–Crippen LogP) is 4.05. The van der Waals surface area contributed by atoms with Crippen LogP contribution < -0.4 is 10.2 Å². The number of nitrogens with one attached hydrogen (secondary N) is 1. The molecule has 1 N–H and O–H groups in total. The smallest absolute Gasteiger partial charge is 0.255 e. The lowest BCUT2D eigenvalue weighted by Gasteiger charge is -2.30. The highest BCUT2D eigenvalue weighted by molar-refractivity contribution is 6.31. The number of hydrogen-bond donors (Lipinski definition) is 1. The molecule has 5 heteroatoms. The van der Waals surface area contributed by atoms with Crippen molar-refractivity contribution in [2.75, 3.05) is 36.5 Å².